The van der Waals surface area contributed by atoms with Crippen LogP contribution in [-0.2, 0) is 4.79 Å². The number of nitrogens with two attached hydrogens (primary N) is 1. The minimum atomic E-state index is 0.204. The molecule has 1 aliphatic heterocycles. The molecule has 2 rings (SSSR count). The summed E-state index contributed by atoms with van der Waals surface area (Å²) in [6, 6.07) is 0.499. The molecule has 1 saturated heterocycles. The number of amides is 1. The number of hydrogen-bond donors (Lipinski definition) is 2. The van der Waals surface area contributed by atoms with E-state index in [1.807, 2.05) is 0 Å². The van der Waals surface area contributed by atoms with Gasteiger partial charge in [-0.3, -0.25) is 4.79 Å². The van der Waals surface area contributed by atoms with Gasteiger partial charge in [0, 0.05) is 12.1 Å². The molecule has 3 unspecified atom stereocenters. The quantitative estimate of drug-likeness (QED) is 0.643. The Bertz CT molecular complexity index is 191. The lowest BCUT2D eigenvalue weighted by molar-refractivity contribution is -0.120. The van der Waals surface area contributed by atoms with Gasteiger partial charge in [-0.25, -0.2) is 0 Å². The van der Waals surface area contributed by atoms with E-state index in [9.17, 15) is 4.79 Å². The average Bonchev–Trinajstić information content (AvgIpc) is 2.58. The molecule has 1 heterocycles. The highest BCUT2D eigenvalue weighted by Gasteiger charge is 2.36. The molecule has 4 heteroatoms. The molecule has 0 spiro atoms. The second-order valence-electron chi connectivity index (χ2n) is 3.52. The first-order chi connectivity index (χ1) is 5.77. The smallest absolute Gasteiger partial charge is 0.233 e. The van der Waals surface area contributed by atoms with Crippen molar-refractivity contribution in [3.63, 3.8) is 0 Å². The summed E-state index contributed by atoms with van der Waals surface area (Å²) in [5.74, 6) is 1.34. The van der Waals surface area contributed by atoms with E-state index in [1.54, 1.807) is 11.8 Å². The number of carbonyl (C=O) groups excluding carboxylic acids is 1. The van der Waals surface area contributed by atoms with Gasteiger partial charge in [-0.1, -0.05) is 0 Å². The Kier molecular flexibility index (Phi) is 2.28. The molecule has 3 nitrogen and oxygen atoms in total. The number of thioether (sulfide) groups is 1. The second-order valence-corrected chi connectivity index (χ2v) is 4.83. The van der Waals surface area contributed by atoms with Gasteiger partial charge < -0.3 is 11.1 Å². The summed E-state index contributed by atoms with van der Waals surface area (Å²) < 4.78 is 0. The SMILES string of the molecule is NC1CC1NC(=O)C1CCCS1. The van der Waals surface area contributed by atoms with Gasteiger partial charge in [0.2, 0.25) is 5.91 Å². The van der Waals surface area contributed by atoms with E-state index in [0.717, 1.165) is 18.6 Å². The highest BCUT2D eigenvalue weighted by molar-refractivity contribution is 8.00. The molecular formula is C8H14N2OS. The molecule has 0 radical (unpaired) electrons. The monoisotopic (exact) mass is 186 g/mol. The van der Waals surface area contributed by atoms with Crippen molar-refractivity contribution in [3.8, 4) is 0 Å². The van der Waals surface area contributed by atoms with Gasteiger partial charge in [-0.2, -0.15) is 0 Å². The fourth-order valence-corrected chi connectivity index (χ4v) is 2.61. The Morgan fingerprint density at radius 3 is 2.83 bits per heavy atom. The van der Waals surface area contributed by atoms with Crippen molar-refractivity contribution in [2.75, 3.05) is 5.75 Å². The van der Waals surface area contributed by atoms with E-state index < -0.39 is 0 Å². The fourth-order valence-electron chi connectivity index (χ4n) is 1.44. The number of carbonyl (C=O) groups is 1. The van der Waals surface area contributed by atoms with Crippen LogP contribution < -0.4 is 11.1 Å². The van der Waals surface area contributed by atoms with E-state index >= 15 is 0 Å². The van der Waals surface area contributed by atoms with Crippen molar-refractivity contribution in [3.05, 3.63) is 0 Å². The maximum absolute atomic E-state index is 11.5. The van der Waals surface area contributed by atoms with Crippen LogP contribution in [0.5, 0.6) is 0 Å². The zero-order valence-corrected chi connectivity index (χ0v) is 7.77. The maximum Gasteiger partial charge on any atom is 0.233 e. The van der Waals surface area contributed by atoms with Gasteiger partial charge in [0.15, 0.2) is 0 Å². The van der Waals surface area contributed by atoms with Crippen molar-refractivity contribution in [1.82, 2.24) is 5.32 Å². The fraction of sp³-hybridized carbons (Fsp3) is 0.875. The predicted molar refractivity (Wildman–Crippen MR) is 50.0 cm³/mol. The zero-order valence-electron chi connectivity index (χ0n) is 6.95. The summed E-state index contributed by atoms with van der Waals surface area (Å²) in [6.07, 6.45) is 3.18. The highest BCUT2D eigenvalue weighted by Crippen LogP contribution is 2.27. The Balaban J connectivity index is 1.76. The van der Waals surface area contributed by atoms with E-state index in [1.165, 1.54) is 6.42 Å². The molecule has 0 aromatic rings. The minimum absolute atomic E-state index is 0.204. The topological polar surface area (TPSA) is 55.1 Å². The van der Waals surface area contributed by atoms with E-state index in [2.05, 4.69) is 5.32 Å². The summed E-state index contributed by atoms with van der Waals surface area (Å²) in [7, 11) is 0. The molecule has 1 amide bonds. The first-order valence-corrected chi connectivity index (χ1v) is 5.50. The highest BCUT2D eigenvalue weighted by atomic mass is 32.2. The minimum Gasteiger partial charge on any atom is -0.351 e. The maximum atomic E-state index is 11.5. The molecule has 2 aliphatic rings. The largest absolute Gasteiger partial charge is 0.351 e. The molecule has 0 aromatic heterocycles. The van der Waals surface area contributed by atoms with Crippen LogP contribution in [0.1, 0.15) is 19.3 Å². The van der Waals surface area contributed by atoms with Gasteiger partial charge in [0.25, 0.3) is 0 Å². The molecule has 68 valence electrons. The lowest BCUT2D eigenvalue weighted by Gasteiger charge is -2.08. The zero-order chi connectivity index (χ0) is 8.55. The van der Waals surface area contributed by atoms with Gasteiger partial charge in [-0.05, 0) is 25.0 Å². The Labute approximate surface area is 76.5 Å². The van der Waals surface area contributed by atoms with Crippen LogP contribution in [0, 0.1) is 0 Å². The number of hydrogen-bond acceptors (Lipinski definition) is 3. The summed E-state index contributed by atoms with van der Waals surface area (Å²) in [4.78, 5) is 11.5. The number of nitrogens with one attached hydrogen (secondary N) is 1. The standard InChI is InChI=1S/C8H14N2OS/c9-5-4-6(5)10-8(11)7-2-1-3-12-7/h5-7H,1-4,9H2,(H,10,11). The van der Waals surface area contributed by atoms with Gasteiger partial charge in [0.05, 0.1) is 5.25 Å². The normalized spacial score (nSPS) is 39.6. The van der Waals surface area contributed by atoms with Crippen LogP contribution in [-0.4, -0.2) is 29.0 Å². The van der Waals surface area contributed by atoms with Crippen LogP contribution >= 0.6 is 11.8 Å². The van der Waals surface area contributed by atoms with E-state index in [-0.39, 0.29) is 23.2 Å². The van der Waals surface area contributed by atoms with Crippen LogP contribution in [0.25, 0.3) is 0 Å². The van der Waals surface area contributed by atoms with Crippen molar-refractivity contribution >= 4 is 17.7 Å². The van der Waals surface area contributed by atoms with Crippen LogP contribution in [0.3, 0.4) is 0 Å². The van der Waals surface area contributed by atoms with Crippen molar-refractivity contribution < 1.29 is 4.79 Å². The summed E-state index contributed by atoms with van der Waals surface area (Å²) in [5, 5.41) is 3.17. The summed E-state index contributed by atoms with van der Waals surface area (Å²) in [6.45, 7) is 0. The van der Waals surface area contributed by atoms with Crippen LogP contribution in [0.15, 0.2) is 0 Å². The molecular weight excluding hydrogens is 172 g/mol. The molecule has 0 bridgehead atoms. The van der Waals surface area contributed by atoms with E-state index in [4.69, 9.17) is 5.73 Å². The Morgan fingerprint density at radius 2 is 2.33 bits per heavy atom. The van der Waals surface area contributed by atoms with Gasteiger partial charge >= 0.3 is 0 Å². The van der Waals surface area contributed by atoms with Gasteiger partial charge in [0.1, 0.15) is 0 Å². The van der Waals surface area contributed by atoms with Crippen molar-refractivity contribution in [1.29, 1.82) is 0 Å². The lowest BCUT2D eigenvalue weighted by Crippen LogP contribution is -2.35. The number of rotatable bonds is 2. The Hall–Kier alpha value is -0.220. The second kappa shape index (κ2) is 3.26. The lowest BCUT2D eigenvalue weighted by atomic mass is 10.2. The van der Waals surface area contributed by atoms with Gasteiger partial charge in [-0.15, -0.1) is 11.8 Å². The molecule has 0 aromatic carbocycles. The average molecular weight is 186 g/mol. The predicted octanol–water partition coefficient (Wildman–Crippen LogP) is 0.0978. The van der Waals surface area contributed by atoms with Crippen molar-refractivity contribution in [2.45, 2.75) is 36.6 Å². The van der Waals surface area contributed by atoms with E-state index in [0.29, 0.717) is 0 Å². The molecule has 1 aliphatic carbocycles. The summed E-state index contributed by atoms with van der Waals surface area (Å²) >= 11 is 1.77. The molecule has 3 N–H and O–H groups in total. The third-order valence-electron chi connectivity index (χ3n) is 2.39. The first-order valence-electron chi connectivity index (χ1n) is 4.45. The third-order valence-corrected chi connectivity index (χ3v) is 3.77. The van der Waals surface area contributed by atoms with Crippen LogP contribution in [0.2, 0.25) is 0 Å². The third kappa shape index (κ3) is 1.75. The molecule has 12 heavy (non-hydrogen) atoms. The molecule has 3 atom stereocenters. The first kappa shape index (κ1) is 8.38. The van der Waals surface area contributed by atoms with Crippen molar-refractivity contribution in [2.24, 2.45) is 5.73 Å². The molecule has 1 saturated carbocycles. The summed E-state index contributed by atoms with van der Waals surface area (Å²) in [5.41, 5.74) is 5.59. The van der Waals surface area contributed by atoms with Crippen LogP contribution in [0.4, 0.5) is 0 Å². The Morgan fingerprint density at radius 1 is 1.58 bits per heavy atom. The molecule has 2 fully saturated rings.